The van der Waals surface area contributed by atoms with Crippen molar-refractivity contribution in [3.05, 3.63) is 43.8 Å². The third kappa shape index (κ3) is 2.30. The fourth-order valence-electron chi connectivity index (χ4n) is 1.99. The van der Waals surface area contributed by atoms with Crippen molar-refractivity contribution in [2.45, 2.75) is 13.3 Å². The van der Waals surface area contributed by atoms with Gasteiger partial charge in [0.2, 0.25) is 0 Å². The van der Waals surface area contributed by atoms with Gasteiger partial charge < -0.3 is 5.11 Å². The summed E-state index contributed by atoms with van der Waals surface area (Å²) < 4.78 is 0. The van der Waals surface area contributed by atoms with Crippen molar-refractivity contribution in [2.24, 2.45) is 0 Å². The summed E-state index contributed by atoms with van der Waals surface area (Å²) in [6.07, 6.45) is 0.596. The normalized spacial score (nSPS) is 11.1. The molecule has 7 heteroatoms. The molecule has 4 nitrogen and oxygen atoms in total. The topological polar surface area (TPSA) is 63.1 Å². The second kappa shape index (κ2) is 5.12. The number of carboxylic acids is 1. The highest BCUT2D eigenvalue weighted by Gasteiger charge is 2.19. The number of hydrogen-bond donors (Lipinski definition) is 1. The van der Waals surface area contributed by atoms with Crippen LogP contribution in [0.1, 0.15) is 26.6 Å². The highest BCUT2D eigenvalue weighted by Crippen LogP contribution is 2.33. The van der Waals surface area contributed by atoms with Crippen LogP contribution in [0.3, 0.4) is 0 Å². The maximum Gasteiger partial charge on any atom is 0.346 e. The molecule has 3 heterocycles. The molecule has 20 heavy (non-hydrogen) atoms. The Kier molecular flexibility index (Phi) is 3.45. The molecule has 0 amide bonds. The molecule has 0 bridgehead atoms. The zero-order valence-electron chi connectivity index (χ0n) is 10.4. The van der Waals surface area contributed by atoms with Gasteiger partial charge in [-0.25, -0.2) is 14.8 Å². The molecule has 0 spiro atoms. The van der Waals surface area contributed by atoms with Gasteiger partial charge in [-0.05, 0) is 34.9 Å². The van der Waals surface area contributed by atoms with Gasteiger partial charge in [-0.1, -0.05) is 11.6 Å². The van der Waals surface area contributed by atoms with E-state index in [4.69, 9.17) is 16.7 Å². The number of carbonyl (C=O) groups is 1. The summed E-state index contributed by atoms with van der Waals surface area (Å²) in [6, 6.07) is 2.01. The van der Waals surface area contributed by atoms with E-state index in [1.807, 2.05) is 16.8 Å². The van der Waals surface area contributed by atoms with E-state index in [1.165, 1.54) is 0 Å². The molecule has 0 fully saturated rings. The number of halogens is 1. The van der Waals surface area contributed by atoms with Crippen LogP contribution in [0.5, 0.6) is 0 Å². The van der Waals surface area contributed by atoms with Crippen LogP contribution in [-0.4, -0.2) is 21.0 Å². The molecule has 0 aliphatic heterocycles. The Labute approximate surface area is 127 Å². The molecule has 0 saturated heterocycles. The minimum atomic E-state index is -0.957. The SMILES string of the molecule is Cc1c(C(=O)O)sc2nc(Cc3ccsc3)nc(Cl)c12. The van der Waals surface area contributed by atoms with Crippen molar-refractivity contribution >= 4 is 50.5 Å². The summed E-state index contributed by atoms with van der Waals surface area (Å²) in [6.45, 7) is 1.73. The lowest BCUT2D eigenvalue weighted by atomic mass is 10.2. The van der Waals surface area contributed by atoms with Crippen LogP contribution in [0.2, 0.25) is 5.15 Å². The molecule has 102 valence electrons. The van der Waals surface area contributed by atoms with Gasteiger partial charge in [0.15, 0.2) is 0 Å². The number of fused-ring (bicyclic) bond motifs is 1. The van der Waals surface area contributed by atoms with Gasteiger partial charge in [0.1, 0.15) is 20.7 Å². The van der Waals surface area contributed by atoms with Gasteiger partial charge >= 0.3 is 5.97 Å². The molecule has 3 aromatic rings. The van der Waals surface area contributed by atoms with Crippen molar-refractivity contribution in [3.8, 4) is 0 Å². The van der Waals surface area contributed by atoms with Crippen molar-refractivity contribution < 1.29 is 9.90 Å². The molecule has 3 aromatic heterocycles. The van der Waals surface area contributed by atoms with Crippen molar-refractivity contribution in [3.63, 3.8) is 0 Å². The van der Waals surface area contributed by atoms with Crippen LogP contribution in [0.15, 0.2) is 16.8 Å². The quantitative estimate of drug-likeness (QED) is 0.739. The number of aromatic carboxylic acids is 1. The lowest BCUT2D eigenvalue weighted by molar-refractivity contribution is 0.0701. The van der Waals surface area contributed by atoms with Crippen LogP contribution in [0.4, 0.5) is 0 Å². The Morgan fingerprint density at radius 3 is 2.90 bits per heavy atom. The first-order valence-electron chi connectivity index (χ1n) is 5.76. The minimum Gasteiger partial charge on any atom is -0.477 e. The zero-order chi connectivity index (χ0) is 14.3. The summed E-state index contributed by atoms with van der Waals surface area (Å²) in [4.78, 5) is 20.8. The van der Waals surface area contributed by atoms with Crippen LogP contribution >= 0.6 is 34.3 Å². The fourth-order valence-corrected chi connectivity index (χ4v) is 4.08. The molecular formula is C13H9ClN2O2S2. The molecular weight excluding hydrogens is 316 g/mol. The number of aryl methyl sites for hydroxylation is 1. The Morgan fingerprint density at radius 1 is 1.45 bits per heavy atom. The highest BCUT2D eigenvalue weighted by molar-refractivity contribution is 7.20. The Hall–Kier alpha value is -1.50. The predicted octanol–water partition coefficient (Wildman–Crippen LogP) is 4.00. The van der Waals surface area contributed by atoms with Crippen LogP contribution in [0.25, 0.3) is 10.2 Å². The lowest BCUT2D eigenvalue weighted by Crippen LogP contribution is -1.96. The lowest BCUT2D eigenvalue weighted by Gasteiger charge is -2.01. The molecule has 1 N–H and O–H groups in total. The second-order valence-electron chi connectivity index (χ2n) is 4.28. The monoisotopic (exact) mass is 324 g/mol. The van der Waals surface area contributed by atoms with E-state index in [2.05, 4.69) is 9.97 Å². The van der Waals surface area contributed by atoms with Gasteiger partial charge in [0.05, 0.1) is 5.39 Å². The Bertz CT molecular complexity index is 796. The number of nitrogens with zero attached hydrogens (tertiary/aromatic N) is 2. The van der Waals surface area contributed by atoms with Crippen LogP contribution in [0, 0.1) is 6.92 Å². The summed E-state index contributed by atoms with van der Waals surface area (Å²) in [5.74, 6) is -0.347. The molecule has 0 aliphatic rings. The van der Waals surface area contributed by atoms with Gasteiger partial charge in [0, 0.05) is 6.42 Å². The standard InChI is InChI=1S/C13H9ClN2O2S2/c1-6-9-11(14)15-8(4-7-2-3-19-5-7)16-12(9)20-10(6)13(17)18/h2-3,5H,4H2,1H3,(H,17,18). The van der Waals surface area contributed by atoms with E-state index in [0.717, 1.165) is 16.9 Å². The molecule has 0 aromatic carbocycles. The molecule has 0 unspecified atom stereocenters. The Balaban J connectivity index is 2.12. The third-order valence-electron chi connectivity index (χ3n) is 2.93. The van der Waals surface area contributed by atoms with E-state index in [1.54, 1.807) is 18.3 Å². The molecule has 3 rings (SSSR count). The van der Waals surface area contributed by atoms with E-state index in [9.17, 15) is 4.79 Å². The second-order valence-corrected chi connectivity index (χ2v) is 6.42. The highest BCUT2D eigenvalue weighted by atomic mass is 35.5. The van der Waals surface area contributed by atoms with E-state index >= 15 is 0 Å². The summed E-state index contributed by atoms with van der Waals surface area (Å²) in [5.41, 5.74) is 1.75. The summed E-state index contributed by atoms with van der Waals surface area (Å²) in [7, 11) is 0. The van der Waals surface area contributed by atoms with E-state index in [-0.39, 0.29) is 4.88 Å². The zero-order valence-corrected chi connectivity index (χ0v) is 12.8. The minimum absolute atomic E-state index is 0.267. The fraction of sp³-hybridized carbons (Fsp3) is 0.154. The van der Waals surface area contributed by atoms with Gasteiger partial charge in [-0.15, -0.1) is 11.3 Å². The maximum absolute atomic E-state index is 11.2. The van der Waals surface area contributed by atoms with E-state index < -0.39 is 5.97 Å². The summed E-state index contributed by atoms with van der Waals surface area (Å²) >= 11 is 8.94. The van der Waals surface area contributed by atoms with Crippen molar-refractivity contribution in [1.29, 1.82) is 0 Å². The average molecular weight is 325 g/mol. The smallest absolute Gasteiger partial charge is 0.346 e. The molecule has 0 aliphatic carbocycles. The van der Waals surface area contributed by atoms with E-state index in [0.29, 0.717) is 33.2 Å². The number of aromatic nitrogens is 2. The number of rotatable bonds is 3. The first-order valence-corrected chi connectivity index (χ1v) is 7.90. The number of hydrogen-bond acceptors (Lipinski definition) is 5. The number of thiophene rings is 2. The molecule has 0 saturated carbocycles. The van der Waals surface area contributed by atoms with Crippen LogP contribution in [-0.2, 0) is 6.42 Å². The molecule has 0 radical (unpaired) electrons. The van der Waals surface area contributed by atoms with Crippen molar-refractivity contribution in [1.82, 2.24) is 9.97 Å². The van der Waals surface area contributed by atoms with Gasteiger partial charge in [-0.2, -0.15) is 11.3 Å². The average Bonchev–Trinajstić information content (AvgIpc) is 2.97. The largest absolute Gasteiger partial charge is 0.477 e. The maximum atomic E-state index is 11.2. The Morgan fingerprint density at radius 2 is 2.25 bits per heavy atom. The van der Waals surface area contributed by atoms with Crippen molar-refractivity contribution in [2.75, 3.05) is 0 Å². The summed E-state index contributed by atoms with van der Waals surface area (Å²) in [5, 5.41) is 14.1. The molecule has 0 atom stereocenters. The first-order chi connectivity index (χ1) is 9.56. The van der Waals surface area contributed by atoms with Gasteiger partial charge in [-0.3, -0.25) is 0 Å². The van der Waals surface area contributed by atoms with Gasteiger partial charge in [0.25, 0.3) is 0 Å². The predicted molar refractivity (Wildman–Crippen MR) is 81.2 cm³/mol. The first kappa shape index (κ1) is 13.5. The van der Waals surface area contributed by atoms with Crippen LogP contribution < -0.4 is 0 Å². The number of carboxylic acid groups (broad SMARTS) is 1. The third-order valence-corrected chi connectivity index (χ3v) is 5.11.